The molecule has 7 heteroatoms. The maximum absolute atomic E-state index is 12.3. The van der Waals surface area contributed by atoms with Crippen molar-refractivity contribution in [2.24, 2.45) is 11.7 Å². The number of amides is 2. The van der Waals surface area contributed by atoms with E-state index in [1.807, 2.05) is 0 Å². The third kappa shape index (κ3) is 3.06. The van der Waals surface area contributed by atoms with Crippen molar-refractivity contribution >= 4 is 40.7 Å². The Bertz CT molecular complexity index is 536. The molecule has 2 amide bonds. The molecule has 0 radical (unpaired) electrons. The van der Waals surface area contributed by atoms with Gasteiger partial charge in [-0.3, -0.25) is 9.59 Å². The van der Waals surface area contributed by atoms with E-state index in [0.717, 1.165) is 0 Å². The molecule has 1 atom stereocenters. The fraction of sp³-hybridized carbons (Fsp3) is 0.385. The second-order valence-electron chi connectivity index (χ2n) is 4.51. The first-order chi connectivity index (χ1) is 9.54. The molecule has 1 saturated heterocycles. The summed E-state index contributed by atoms with van der Waals surface area (Å²) in [4.78, 5) is 25.7. The number of anilines is 1. The Hall–Kier alpha value is -1.30. The molecule has 1 aliphatic rings. The lowest BCUT2D eigenvalue weighted by Gasteiger charge is -2.18. The van der Waals surface area contributed by atoms with Gasteiger partial charge in [-0.15, -0.1) is 0 Å². The lowest BCUT2D eigenvalue weighted by Crippen LogP contribution is -2.38. The summed E-state index contributed by atoms with van der Waals surface area (Å²) in [6.07, 6.45) is 0.456. The monoisotopic (exact) mass is 315 g/mol. The number of carbonyl (C=O) groups is 2. The van der Waals surface area contributed by atoms with Crippen LogP contribution >= 0.6 is 23.2 Å². The number of nitrogens with one attached hydrogen (secondary N) is 1. The highest BCUT2D eigenvalue weighted by molar-refractivity contribution is 6.36. The number of nitrogens with zero attached hydrogens (tertiary/aromatic N) is 1. The molecule has 20 heavy (non-hydrogen) atoms. The molecule has 1 unspecified atom stereocenters. The van der Waals surface area contributed by atoms with Crippen LogP contribution in [0.1, 0.15) is 6.42 Å². The van der Waals surface area contributed by atoms with Gasteiger partial charge in [-0.05, 0) is 24.6 Å². The van der Waals surface area contributed by atoms with Crippen molar-refractivity contribution in [1.82, 2.24) is 5.32 Å². The molecule has 1 aromatic carbocycles. The largest absolute Gasteiger partial charge is 0.354 e. The van der Waals surface area contributed by atoms with Crippen LogP contribution in [-0.2, 0) is 9.59 Å². The quantitative estimate of drug-likeness (QED) is 0.825. The zero-order chi connectivity index (χ0) is 14.7. The third-order valence-electron chi connectivity index (χ3n) is 3.16. The molecule has 0 spiro atoms. The molecular formula is C13H15Cl2N3O2. The second-order valence-corrected chi connectivity index (χ2v) is 5.35. The van der Waals surface area contributed by atoms with Crippen LogP contribution in [0.25, 0.3) is 0 Å². The minimum absolute atomic E-state index is 0.260. The van der Waals surface area contributed by atoms with Crippen molar-refractivity contribution in [3.63, 3.8) is 0 Å². The van der Waals surface area contributed by atoms with Crippen LogP contribution in [0, 0.1) is 5.92 Å². The molecule has 0 saturated carbocycles. The summed E-state index contributed by atoms with van der Waals surface area (Å²) in [5.41, 5.74) is 5.86. The molecule has 5 nitrogen and oxygen atoms in total. The van der Waals surface area contributed by atoms with E-state index in [2.05, 4.69) is 5.32 Å². The van der Waals surface area contributed by atoms with Crippen LogP contribution in [0.15, 0.2) is 18.2 Å². The summed E-state index contributed by atoms with van der Waals surface area (Å²) in [5, 5.41) is 3.56. The van der Waals surface area contributed by atoms with Gasteiger partial charge in [0.2, 0.25) is 11.8 Å². The van der Waals surface area contributed by atoms with E-state index in [1.54, 1.807) is 18.2 Å². The summed E-state index contributed by atoms with van der Waals surface area (Å²) in [5.74, 6) is -1.23. The maximum Gasteiger partial charge on any atom is 0.239 e. The maximum atomic E-state index is 12.3. The fourth-order valence-corrected chi connectivity index (χ4v) is 2.56. The first-order valence-corrected chi connectivity index (χ1v) is 7.04. The first-order valence-electron chi connectivity index (χ1n) is 6.29. The zero-order valence-corrected chi connectivity index (χ0v) is 12.2. The SMILES string of the molecule is NCCNC(=O)C1CCN(c2cc(Cl)ccc2Cl)C1=O. The summed E-state index contributed by atoms with van der Waals surface area (Å²) >= 11 is 12.0. The average molecular weight is 316 g/mol. The highest BCUT2D eigenvalue weighted by atomic mass is 35.5. The summed E-state index contributed by atoms with van der Waals surface area (Å²) in [6.45, 7) is 1.15. The van der Waals surface area contributed by atoms with Crippen LogP contribution in [-0.4, -0.2) is 31.4 Å². The van der Waals surface area contributed by atoms with Crippen molar-refractivity contribution in [2.75, 3.05) is 24.5 Å². The molecule has 3 N–H and O–H groups in total. The van der Waals surface area contributed by atoms with Gasteiger partial charge in [0.15, 0.2) is 0 Å². The highest BCUT2D eigenvalue weighted by Gasteiger charge is 2.38. The lowest BCUT2D eigenvalue weighted by molar-refractivity contribution is -0.132. The van der Waals surface area contributed by atoms with Crippen LogP contribution in [0.3, 0.4) is 0 Å². The third-order valence-corrected chi connectivity index (χ3v) is 3.72. The Morgan fingerprint density at radius 1 is 1.45 bits per heavy atom. The topological polar surface area (TPSA) is 75.4 Å². The number of carbonyl (C=O) groups excluding carboxylic acids is 2. The Labute approximate surface area is 127 Å². The second kappa shape index (κ2) is 6.43. The number of rotatable bonds is 4. The normalized spacial score (nSPS) is 18.4. The van der Waals surface area contributed by atoms with Crippen LogP contribution < -0.4 is 16.0 Å². The molecule has 0 aromatic heterocycles. The van der Waals surface area contributed by atoms with Crippen LogP contribution in [0.5, 0.6) is 0 Å². The Morgan fingerprint density at radius 3 is 2.90 bits per heavy atom. The number of hydrogen-bond acceptors (Lipinski definition) is 3. The Morgan fingerprint density at radius 2 is 2.20 bits per heavy atom. The van der Waals surface area contributed by atoms with Crippen molar-refractivity contribution in [3.05, 3.63) is 28.2 Å². The molecular weight excluding hydrogens is 301 g/mol. The average Bonchev–Trinajstić information content (AvgIpc) is 2.80. The van der Waals surface area contributed by atoms with Crippen molar-refractivity contribution in [1.29, 1.82) is 0 Å². The molecule has 0 bridgehead atoms. The predicted octanol–water partition coefficient (Wildman–Crippen LogP) is 1.42. The van der Waals surface area contributed by atoms with E-state index in [9.17, 15) is 9.59 Å². The van der Waals surface area contributed by atoms with E-state index in [4.69, 9.17) is 28.9 Å². The van der Waals surface area contributed by atoms with Crippen molar-refractivity contribution in [3.8, 4) is 0 Å². The van der Waals surface area contributed by atoms with E-state index in [0.29, 0.717) is 41.8 Å². The van der Waals surface area contributed by atoms with Crippen molar-refractivity contribution in [2.45, 2.75) is 6.42 Å². The number of halogens is 2. The highest BCUT2D eigenvalue weighted by Crippen LogP contribution is 2.33. The van der Waals surface area contributed by atoms with Gasteiger partial charge in [0, 0.05) is 24.7 Å². The number of nitrogens with two attached hydrogens (primary N) is 1. The van der Waals surface area contributed by atoms with Gasteiger partial charge < -0.3 is 16.0 Å². The lowest BCUT2D eigenvalue weighted by atomic mass is 10.1. The van der Waals surface area contributed by atoms with Gasteiger partial charge in [-0.25, -0.2) is 0 Å². The van der Waals surface area contributed by atoms with E-state index < -0.39 is 5.92 Å². The van der Waals surface area contributed by atoms with Gasteiger partial charge in [-0.2, -0.15) is 0 Å². The number of benzene rings is 1. The minimum Gasteiger partial charge on any atom is -0.354 e. The first kappa shape index (κ1) is 15.1. The molecule has 1 fully saturated rings. The molecule has 1 aliphatic heterocycles. The molecule has 108 valence electrons. The van der Waals surface area contributed by atoms with Crippen LogP contribution in [0.2, 0.25) is 10.0 Å². The Balaban J connectivity index is 2.15. The van der Waals surface area contributed by atoms with Crippen LogP contribution in [0.4, 0.5) is 5.69 Å². The fourth-order valence-electron chi connectivity index (χ4n) is 2.17. The summed E-state index contributed by atoms with van der Waals surface area (Å²) in [7, 11) is 0. The predicted molar refractivity (Wildman–Crippen MR) is 79.0 cm³/mol. The molecule has 1 heterocycles. The van der Waals surface area contributed by atoms with Crippen molar-refractivity contribution < 1.29 is 9.59 Å². The minimum atomic E-state index is -0.684. The smallest absolute Gasteiger partial charge is 0.239 e. The standard InChI is InChI=1S/C13H15Cl2N3O2/c14-8-1-2-10(15)11(7-8)18-6-3-9(13(18)20)12(19)17-5-4-16/h1-2,7,9H,3-6,16H2,(H,17,19). The van der Waals surface area contributed by atoms with Gasteiger partial charge >= 0.3 is 0 Å². The van der Waals surface area contributed by atoms with Gasteiger partial charge in [-0.1, -0.05) is 23.2 Å². The molecule has 1 aromatic rings. The van der Waals surface area contributed by atoms with Gasteiger partial charge in [0.05, 0.1) is 10.7 Å². The van der Waals surface area contributed by atoms with Gasteiger partial charge in [0.1, 0.15) is 5.92 Å². The molecule has 2 rings (SSSR count). The van der Waals surface area contributed by atoms with E-state index >= 15 is 0 Å². The van der Waals surface area contributed by atoms with E-state index in [-0.39, 0.29) is 11.8 Å². The number of hydrogen-bond donors (Lipinski definition) is 2. The zero-order valence-electron chi connectivity index (χ0n) is 10.7. The molecule has 0 aliphatic carbocycles. The summed E-state index contributed by atoms with van der Waals surface area (Å²) in [6, 6.07) is 4.91. The summed E-state index contributed by atoms with van der Waals surface area (Å²) < 4.78 is 0. The Kier molecular flexibility index (Phi) is 4.86. The van der Waals surface area contributed by atoms with Gasteiger partial charge in [0.25, 0.3) is 0 Å². The van der Waals surface area contributed by atoms with E-state index in [1.165, 1.54) is 4.90 Å².